The molecule has 0 spiro atoms. The number of carbonyl (C=O) groups excluding carboxylic acids is 1. The smallest absolute Gasteiger partial charge is 0.337 e. The lowest BCUT2D eigenvalue weighted by Crippen LogP contribution is -2.37. The van der Waals surface area contributed by atoms with E-state index in [4.69, 9.17) is 0 Å². The number of rotatable bonds is 5. The average molecular weight is 280 g/mol. The number of nitrogens with zero attached hydrogens (tertiary/aromatic N) is 1. The topological polar surface area (TPSA) is 88.4 Å². The number of carbonyl (C=O) groups is 2. The molecule has 0 aliphatic carbocycles. The van der Waals surface area contributed by atoms with E-state index in [2.05, 4.69) is 5.32 Å². The summed E-state index contributed by atoms with van der Waals surface area (Å²) in [7, 11) is 0. The number of pyridine rings is 1. The number of aromatic carboxylic acids is 1. The van der Waals surface area contributed by atoms with Gasteiger partial charge in [0.05, 0.1) is 5.56 Å². The van der Waals surface area contributed by atoms with Crippen molar-refractivity contribution in [1.82, 2.24) is 9.88 Å². The number of carboxylic acids is 1. The molecule has 1 amide bonds. The number of hydrogen-bond donors (Lipinski definition) is 2. The molecule has 110 valence electrons. The van der Waals surface area contributed by atoms with Gasteiger partial charge in [0.15, 0.2) is 0 Å². The normalized spacial score (nSPS) is 12.0. The minimum Gasteiger partial charge on any atom is -0.478 e. The van der Waals surface area contributed by atoms with E-state index in [9.17, 15) is 19.5 Å². The van der Waals surface area contributed by atoms with Crippen molar-refractivity contribution in [2.75, 3.05) is 6.54 Å². The maximum absolute atomic E-state index is 12.0. The van der Waals surface area contributed by atoms with Crippen LogP contribution in [0.25, 0.3) is 0 Å². The highest BCUT2D eigenvalue weighted by molar-refractivity contribution is 5.90. The van der Waals surface area contributed by atoms with E-state index < -0.39 is 12.0 Å². The molecule has 0 fully saturated rings. The largest absolute Gasteiger partial charge is 0.478 e. The van der Waals surface area contributed by atoms with Crippen molar-refractivity contribution in [3.63, 3.8) is 0 Å². The fourth-order valence-electron chi connectivity index (χ4n) is 2.22. The fraction of sp³-hybridized carbons (Fsp3) is 0.500. The summed E-state index contributed by atoms with van der Waals surface area (Å²) >= 11 is 0. The molecule has 6 nitrogen and oxygen atoms in total. The van der Waals surface area contributed by atoms with Crippen molar-refractivity contribution in [3.05, 3.63) is 33.2 Å². The summed E-state index contributed by atoms with van der Waals surface area (Å²) in [6, 6.07) is 0.507. The molecule has 1 rings (SSSR count). The minimum atomic E-state index is -1.10. The Kier molecular flexibility index (Phi) is 5.07. The molecule has 1 aromatic rings. The van der Waals surface area contributed by atoms with Gasteiger partial charge in [-0.2, -0.15) is 0 Å². The molecular weight excluding hydrogens is 260 g/mol. The van der Waals surface area contributed by atoms with E-state index in [1.54, 1.807) is 20.8 Å². The standard InChI is InChI=1S/C14H20N2O4/c1-5-6-15-13(18)10(4)16-9(3)12(14(19)20)8(2)7-11(16)17/h7,10H,5-6H2,1-4H3,(H,15,18)(H,19,20). The van der Waals surface area contributed by atoms with Crippen LogP contribution in [0.4, 0.5) is 0 Å². The summed E-state index contributed by atoms with van der Waals surface area (Å²) in [6.45, 7) is 7.15. The molecular formula is C14H20N2O4. The maximum Gasteiger partial charge on any atom is 0.337 e. The van der Waals surface area contributed by atoms with E-state index in [0.717, 1.165) is 6.42 Å². The van der Waals surface area contributed by atoms with Crippen LogP contribution in [0.5, 0.6) is 0 Å². The Morgan fingerprint density at radius 3 is 2.50 bits per heavy atom. The van der Waals surface area contributed by atoms with Crippen LogP contribution in [0.3, 0.4) is 0 Å². The number of aryl methyl sites for hydroxylation is 1. The fourth-order valence-corrected chi connectivity index (χ4v) is 2.22. The molecule has 1 aromatic heterocycles. The first-order valence-electron chi connectivity index (χ1n) is 6.55. The third-order valence-electron chi connectivity index (χ3n) is 3.22. The highest BCUT2D eigenvalue weighted by atomic mass is 16.4. The Labute approximate surface area is 117 Å². The van der Waals surface area contributed by atoms with Gasteiger partial charge in [-0.05, 0) is 32.8 Å². The van der Waals surface area contributed by atoms with Crippen molar-refractivity contribution >= 4 is 11.9 Å². The Bertz CT molecular complexity index is 590. The van der Waals surface area contributed by atoms with Crippen molar-refractivity contribution in [3.8, 4) is 0 Å². The second-order valence-electron chi connectivity index (χ2n) is 4.77. The highest BCUT2D eigenvalue weighted by Gasteiger charge is 2.22. The first kappa shape index (κ1) is 15.9. The summed E-state index contributed by atoms with van der Waals surface area (Å²) in [5, 5.41) is 11.9. The monoisotopic (exact) mass is 280 g/mol. The first-order chi connectivity index (χ1) is 9.31. The second-order valence-corrected chi connectivity index (χ2v) is 4.77. The van der Waals surface area contributed by atoms with Crippen molar-refractivity contribution < 1.29 is 14.7 Å². The van der Waals surface area contributed by atoms with Gasteiger partial charge in [0, 0.05) is 18.3 Å². The lowest BCUT2D eigenvalue weighted by Gasteiger charge is -2.19. The maximum atomic E-state index is 12.0. The summed E-state index contributed by atoms with van der Waals surface area (Å²) in [5.41, 5.74) is 0.392. The van der Waals surface area contributed by atoms with E-state index in [0.29, 0.717) is 17.8 Å². The molecule has 1 unspecified atom stereocenters. The van der Waals surface area contributed by atoms with Gasteiger partial charge in [-0.3, -0.25) is 14.2 Å². The Hall–Kier alpha value is -2.11. The highest BCUT2D eigenvalue weighted by Crippen LogP contribution is 2.15. The zero-order valence-electron chi connectivity index (χ0n) is 12.2. The number of hydrogen-bond acceptors (Lipinski definition) is 3. The first-order valence-corrected chi connectivity index (χ1v) is 6.55. The van der Waals surface area contributed by atoms with Crippen molar-refractivity contribution in [1.29, 1.82) is 0 Å². The predicted molar refractivity (Wildman–Crippen MR) is 75.1 cm³/mol. The van der Waals surface area contributed by atoms with E-state index in [-0.39, 0.29) is 17.0 Å². The average Bonchev–Trinajstić information content (AvgIpc) is 2.34. The van der Waals surface area contributed by atoms with Gasteiger partial charge in [0.1, 0.15) is 6.04 Å². The summed E-state index contributed by atoms with van der Waals surface area (Å²) < 4.78 is 1.22. The second kappa shape index (κ2) is 6.36. The SMILES string of the molecule is CCCNC(=O)C(C)n1c(C)c(C(=O)O)c(C)cc1=O. The third kappa shape index (κ3) is 3.07. The van der Waals surface area contributed by atoms with E-state index in [1.807, 2.05) is 6.92 Å². The molecule has 6 heteroatoms. The molecule has 0 saturated heterocycles. The van der Waals surface area contributed by atoms with Crippen LogP contribution in [-0.4, -0.2) is 28.1 Å². The molecule has 20 heavy (non-hydrogen) atoms. The van der Waals surface area contributed by atoms with Gasteiger partial charge in [-0.15, -0.1) is 0 Å². The third-order valence-corrected chi connectivity index (χ3v) is 3.22. The lowest BCUT2D eigenvalue weighted by atomic mass is 10.1. The zero-order chi connectivity index (χ0) is 15.4. The van der Waals surface area contributed by atoms with Crippen LogP contribution < -0.4 is 10.9 Å². The number of amides is 1. The van der Waals surface area contributed by atoms with Crippen molar-refractivity contribution in [2.24, 2.45) is 0 Å². The Morgan fingerprint density at radius 1 is 1.40 bits per heavy atom. The van der Waals surface area contributed by atoms with Crippen LogP contribution in [0.2, 0.25) is 0 Å². The number of carboxylic acid groups (broad SMARTS) is 1. The lowest BCUT2D eigenvalue weighted by molar-refractivity contribution is -0.124. The van der Waals surface area contributed by atoms with Crippen molar-refractivity contribution in [2.45, 2.75) is 40.2 Å². The molecule has 1 atom stereocenters. The summed E-state index contributed by atoms with van der Waals surface area (Å²) in [4.78, 5) is 35.3. The van der Waals surface area contributed by atoms with Crippen LogP contribution in [0.15, 0.2) is 10.9 Å². The van der Waals surface area contributed by atoms with Gasteiger partial charge < -0.3 is 10.4 Å². The van der Waals surface area contributed by atoms with Gasteiger partial charge in [-0.1, -0.05) is 6.92 Å². The Morgan fingerprint density at radius 2 is 2.00 bits per heavy atom. The van der Waals surface area contributed by atoms with Crippen LogP contribution >= 0.6 is 0 Å². The number of nitrogens with one attached hydrogen (secondary N) is 1. The van der Waals surface area contributed by atoms with Crippen LogP contribution in [0.1, 0.15) is 47.9 Å². The van der Waals surface area contributed by atoms with Gasteiger partial charge in [0.25, 0.3) is 5.56 Å². The molecule has 1 heterocycles. The molecule has 0 saturated carbocycles. The minimum absolute atomic E-state index is 0.0692. The molecule has 0 aromatic carbocycles. The molecule has 0 radical (unpaired) electrons. The van der Waals surface area contributed by atoms with Gasteiger partial charge in [0.2, 0.25) is 5.91 Å². The molecule has 0 aliphatic rings. The molecule has 0 aliphatic heterocycles. The summed E-state index contributed by atoms with van der Waals surface area (Å²) in [5.74, 6) is -1.40. The zero-order valence-corrected chi connectivity index (χ0v) is 12.2. The quantitative estimate of drug-likeness (QED) is 0.849. The van der Waals surface area contributed by atoms with Crippen LogP contribution in [0, 0.1) is 13.8 Å². The predicted octanol–water partition coefficient (Wildman–Crippen LogP) is 1.25. The Balaban J connectivity index is 3.31. The van der Waals surface area contributed by atoms with Gasteiger partial charge in [-0.25, -0.2) is 4.79 Å². The van der Waals surface area contributed by atoms with Gasteiger partial charge >= 0.3 is 5.97 Å². The van der Waals surface area contributed by atoms with E-state index >= 15 is 0 Å². The number of aromatic nitrogens is 1. The van der Waals surface area contributed by atoms with E-state index in [1.165, 1.54) is 10.6 Å². The van der Waals surface area contributed by atoms with Crippen LogP contribution in [-0.2, 0) is 4.79 Å². The molecule has 2 N–H and O–H groups in total. The summed E-state index contributed by atoms with van der Waals surface area (Å²) in [6.07, 6.45) is 0.792. The molecule has 0 bridgehead atoms.